The Labute approximate surface area is 128 Å². The molecule has 2 nitrogen and oxygen atoms in total. The van der Waals surface area contributed by atoms with E-state index in [0.29, 0.717) is 6.61 Å². The number of esters is 1. The van der Waals surface area contributed by atoms with Gasteiger partial charge >= 0.3 is 5.97 Å². The zero-order valence-electron chi connectivity index (χ0n) is 9.75. The number of rotatable bonds is 9. The molecule has 0 saturated carbocycles. The van der Waals surface area contributed by atoms with E-state index in [-0.39, 0.29) is 15.5 Å². The van der Waals surface area contributed by atoms with Crippen LogP contribution < -0.4 is 0 Å². The molecule has 0 amide bonds. The van der Waals surface area contributed by atoms with Gasteiger partial charge in [-0.3, -0.25) is 0 Å². The van der Waals surface area contributed by atoms with Crippen molar-refractivity contribution in [3.8, 4) is 0 Å². The lowest BCUT2D eigenvalue weighted by Crippen LogP contribution is -2.02. The van der Waals surface area contributed by atoms with Crippen molar-refractivity contribution in [3.63, 3.8) is 0 Å². The zero-order chi connectivity index (χ0) is 12.2. The average Bonchev–Trinajstić information content (AvgIpc) is 2.22. The van der Waals surface area contributed by atoms with Gasteiger partial charge in [0.15, 0.2) is 0 Å². The number of hydrogen-bond acceptors (Lipinski definition) is 2. The Morgan fingerprint density at radius 3 is 2.62 bits per heavy atom. The van der Waals surface area contributed by atoms with Crippen molar-refractivity contribution in [1.82, 2.24) is 0 Å². The Hall–Kier alpha value is 0.887. The number of alkyl halides is 2. The van der Waals surface area contributed by atoms with Crippen molar-refractivity contribution < 1.29 is 9.53 Å². The molecule has 0 fully saturated rings. The third-order valence-corrected chi connectivity index (χ3v) is 7.20. The molecule has 0 aliphatic heterocycles. The fraction of sp³-hybridized carbons (Fsp3) is 0.727. The van der Waals surface area contributed by atoms with Crippen molar-refractivity contribution in [1.29, 1.82) is 0 Å². The number of hydrogen-bond donors (Lipinski definition) is 0. The molecule has 0 radical (unpaired) electrons. The SMILES string of the molecule is CC=CC(=O)OCCCCCC[SiH2]C(I)I. The van der Waals surface area contributed by atoms with Crippen LogP contribution in [0.5, 0.6) is 0 Å². The topological polar surface area (TPSA) is 26.3 Å². The van der Waals surface area contributed by atoms with Gasteiger partial charge in [-0.2, -0.15) is 0 Å². The van der Waals surface area contributed by atoms with E-state index in [4.69, 9.17) is 4.74 Å². The van der Waals surface area contributed by atoms with Gasteiger partial charge in [0.05, 0.1) is 6.61 Å². The lowest BCUT2D eigenvalue weighted by Gasteiger charge is -2.03. The van der Waals surface area contributed by atoms with Gasteiger partial charge in [0, 0.05) is 17.2 Å². The normalized spacial score (nSPS) is 12.0. The van der Waals surface area contributed by atoms with Gasteiger partial charge in [-0.15, -0.1) is 0 Å². The second-order valence-electron chi connectivity index (χ2n) is 3.62. The lowest BCUT2D eigenvalue weighted by atomic mass is 10.2. The molecule has 0 heterocycles. The minimum absolute atomic E-state index is 0.166. The van der Waals surface area contributed by atoms with E-state index in [9.17, 15) is 4.79 Å². The van der Waals surface area contributed by atoms with Gasteiger partial charge in [0.2, 0.25) is 0 Å². The summed E-state index contributed by atoms with van der Waals surface area (Å²) in [6.07, 6.45) is 8.00. The summed E-state index contributed by atoms with van der Waals surface area (Å²) in [7, 11) is 0.166. The molecule has 0 unspecified atom stereocenters. The molecule has 0 atom stereocenters. The molecule has 0 aliphatic carbocycles. The number of ether oxygens (including phenoxy) is 1. The molecule has 0 aliphatic rings. The maximum Gasteiger partial charge on any atom is 0.330 e. The average molecular weight is 466 g/mol. The van der Waals surface area contributed by atoms with Crippen molar-refractivity contribution in [2.45, 2.75) is 40.2 Å². The van der Waals surface area contributed by atoms with Crippen LogP contribution >= 0.6 is 45.2 Å². The van der Waals surface area contributed by atoms with Crippen LogP contribution in [0.25, 0.3) is 0 Å². The van der Waals surface area contributed by atoms with Crippen molar-refractivity contribution in [3.05, 3.63) is 12.2 Å². The highest BCUT2D eigenvalue weighted by molar-refractivity contribution is 14.2. The number of unbranched alkanes of at least 4 members (excludes halogenated alkanes) is 3. The summed E-state index contributed by atoms with van der Waals surface area (Å²) in [6.45, 7) is 2.39. The fourth-order valence-electron chi connectivity index (χ4n) is 1.29. The highest BCUT2D eigenvalue weighted by Gasteiger charge is 1.99. The van der Waals surface area contributed by atoms with Gasteiger partial charge in [-0.1, -0.05) is 76.6 Å². The van der Waals surface area contributed by atoms with E-state index in [0.717, 1.165) is 7.98 Å². The van der Waals surface area contributed by atoms with Crippen LogP contribution in [-0.4, -0.2) is 23.7 Å². The first-order valence-electron chi connectivity index (χ1n) is 5.74. The molecule has 94 valence electrons. The summed E-state index contributed by atoms with van der Waals surface area (Å²) >= 11 is 5.03. The Bertz CT molecular complexity index is 208. The van der Waals surface area contributed by atoms with E-state index < -0.39 is 0 Å². The quantitative estimate of drug-likeness (QED) is 0.130. The molecule has 5 heteroatoms. The van der Waals surface area contributed by atoms with Crippen LogP contribution in [0.4, 0.5) is 0 Å². The monoisotopic (exact) mass is 466 g/mol. The van der Waals surface area contributed by atoms with Crippen LogP contribution in [-0.2, 0) is 9.53 Å². The van der Waals surface area contributed by atoms with Crippen molar-refractivity contribution in [2.75, 3.05) is 6.61 Å². The molecule has 0 aromatic carbocycles. The van der Waals surface area contributed by atoms with Crippen LogP contribution in [0.15, 0.2) is 12.2 Å². The maximum absolute atomic E-state index is 10.9. The molecule has 0 aromatic heterocycles. The Morgan fingerprint density at radius 1 is 1.31 bits per heavy atom. The van der Waals surface area contributed by atoms with E-state index >= 15 is 0 Å². The van der Waals surface area contributed by atoms with E-state index in [2.05, 4.69) is 45.2 Å². The van der Waals surface area contributed by atoms with Crippen LogP contribution in [0.1, 0.15) is 32.6 Å². The second-order valence-corrected chi connectivity index (χ2v) is 14.4. The van der Waals surface area contributed by atoms with Gasteiger partial charge in [0.1, 0.15) is 0 Å². The molecule has 0 spiro atoms. The maximum atomic E-state index is 10.9. The number of allylic oxidation sites excluding steroid dienone is 1. The zero-order valence-corrected chi connectivity index (χ0v) is 15.5. The molecule has 0 N–H and O–H groups in total. The standard InChI is InChI=1S/C11H20I2O2Si/c1-2-7-10(14)15-8-5-3-4-6-9-16-11(12)13/h2,7,11H,3-6,8-9,16H2,1H3. The second kappa shape index (κ2) is 12.3. The predicted octanol–water partition coefficient (Wildman–Crippen LogP) is 3.41. The predicted molar refractivity (Wildman–Crippen MR) is 89.4 cm³/mol. The van der Waals surface area contributed by atoms with Gasteiger partial charge in [-0.05, 0) is 13.3 Å². The first-order chi connectivity index (χ1) is 7.66. The fourth-order valence-corrected chi connectivity index (χ4v) is 4.88. The number of halogens is 2. The first kappa shape index (κ1) is 16.9. The van der Waals surface area contributed by atoms with E-state index in [1.165, 1.54) is 31.4 Å². The molecule has 0 saturated heterocycles. The Balaban J connectivity index is 3.13. The third kappa shape index (κ3) is 13.0. The minimum atomic E-state index is -0.215. The summed E-state index contributed by atoms with van der Waals surface area (Å²) in [5, 5.41) is 0. The largest absolute Gasteiger partial charge is 0.463 e. The molecule has 16 heavy (non-hydrogen) atoms. The van der Waals surface area contributed by atoms with Gasteiger partial charge in [-0.25, -0.2) is 4.79 Å². The third-order valence-electron chi connectivity index (χ3n) is 2.11. The minimum Gasteiger partial charge on any atom is -0.463 e. The highest BCUT2D eigenvalue weighted by Crippen LogP contribution is 2.12. The van der Waals surface area contributed by atoms with Crippen LogP contribution in [0, 0.1) is 0 Å². The van der Waals surface area contributed by atoms with Crippen LogP contribution in [0.2, 0.25) is 6.04 Å². The van der Waals surface area contributed by atoms with Gasteiger partial charge in [0.25, 0.3) is 0 Å². The Morgan fingerprint density at radius 2 is 2.00 bits per heavy atom. The summed E-state index contributed by atoms with van der Waals surface area (Å²) in [6, 6.07) is 1.45. The molecule has 0 aromatic rings. The Kier molecular flexibility index (Phi) is 13.0. The highest BCUT2D eigenvalue weighted by atomic mass is 127. The number of carbonyl (C=O) groups excluding carboxylic acids is 1. The molecular weight excluding hydrogens is 446 g/mol. The molecular formula is C11H20I2O2Si. The molecule has 0 bridgehead atoms. The van der Waals surface area contributed by atoms with E-state index in [1.54, 1.807) is 6.08 Å². The van der Waals surface area contributed by atoms with Crippen molar-refractivity contribution >= 4 is 60.7 Å². The molecule has 0 rings (SSSR count). The first-order valence-corrected chi connectivity index (χ1v) is 10.0. The van der Waals surface area contributed by atoms with E-state index in [1.807, 2.05) is 6.92 Å². The number of carbonyl (C=O) groups is 1. The van der Waals surface area contributed by atoms with Crippen molar-refractivity contribution in [2.24, 2.45) is 0 Å². The summed E-state index contributed by atoms with van der Waals surface area (Å²) in [5.41, 5.74) is 0. The van der Waals surface area contributed by atoms with Crippen LogP contribution in [0.3, 0.4) is 0 Å². The van der Waals surface area contributed by atoms with Gasteiger partial charge < -0.3 is 4.74 Å². The summed E-state index contributed by atoms with van der Waals surface area (Å²) < 4.78 is 5.91. The summed E-state index contributed by atoms with van der Waals surface area (Å²) in [4.78, 5) is 10.9. The smallest absolute Gasteiger partial charge is 0.330 e. The lowest BCUT2D eigenvalue weighted by molar-refractivity contribution is -0.137. The summed E-state index contributed by atoms with van der Waals surface area (Å²) in [5.74, 6) is -0.215.